The van der Waals surface area contributed by atoms with Crippen LogP contribution >= 0.6 is 11.6 Å². The lowest BCUT2D eigenvalue weighted by Gasteiger charge is -2.41. The van der Waals surface area contributed by atoms with Gasteiger partial charge in [-0.25, -0.2) is 9.00 Å². The van der Waals surface area contributed by atoms with Crippen LogP contribution in [0.2, 0.25) is 5.02 Å². The number of anilines is 1. The Kier molecular flexibility index (Phi) is 8.47. The number of nitrogens with one attached hydrogen (secondary N) is 2. The van der Waals surface area contributed by atoms with Gasteiger partial charge in [-0.05, 0) is 109 Å². The molecule has 13 heteroatoms. The van der Waals surface area contributed by atoms with Crippen LogP contribution in [0.1, 0.15) is 72.0 Å². The predicted molar refractivity (Wildman–Crippen MR) is 204 cm³/mol. The van der Waals surface area contributed by atoms with E-state index in [0.717, 1.165) is 61.5 Å². The number of rotatable bonds is 4. The molecule has 3 amide bonds. The maximum absolute atomic E-state index is 14.6. The number of fused-ring (bicyclic) bond motifs is 4. The number of ether oxygens (including phenoxy) is 2. The minimum Gasteiger partial charge on any atom is -0.490 e. The highest BCUT2D eigenvalue weighted by atomic mass is 35.5. The Balaban J connectivity index is 1.06. The molecule has 2 aliphatic heterocycles. The fourth-order valence-electron chi connectivity index (χ4n) is 9.72. The third-order valence-corrected chi connectivity index (χ3v) is 14.9. The maximum atomic E-state index is 14.6. The molecule has 1 unspecified atom stereocenters. The van der Waals surface area contributed by atoms with E-state index < -0.39 is 21.9 Å². The summed E-state index contributed by atoms with van der Waals surface area (Å²) >= 11 is 6.47. The molecule has 2 bridgehead atoms. The zero-order valence-electron chi connectivity index (χ0n) is 30.4. The van der Waals surface area contributed by atoms with Crippen LogP contribution in [0.5, 0.6) is 5.75 Å². The van der Waals surface area contributed by atoms with Gasteiger partial charge in [0.15, 0.2) is 0 Å². The fraction of sp³-hybridized carbons (Fsp3) is 0.525. The number of methoxy groups -OCH3 is 1. The van der Waals surface area contributed by atoms with E-state index in [1.807, 2.05) is 38.4 Å². The standard InChI is InChI=1S/C40H47ClN6O5S/c1-24-6-4-8-35(51-3)36-31-17-40(31,36)22-47-21-39(13-5-7-25-14-28(41)10-11-30(25)39)23-52-34-12-9-26(15-33(34)47)37(48)44-53(50,20-24)45-38(49)43-32-16-29(32)27-18-42-46(2)19-27/h4,8-12,14-15,18-19,24,29,31-32,35-36H,5-7,13,16-17,20-23H2,1-3H3,(H2,43,44,45,48,49,50)/b8-4+/t24-,29-,31?,32+,35-,36-,39-,40-,53-/m0/s1. The molecule has 4 aliphatic carbocycles. The lowest BCUT2D eigenvalue weighted by atomic mass is 9.70. The second-order valence-corrected chi connectivity index (χ2v) is 18.9. The van der Waals surface area contributed by atoms with E-state index in [0.29, 0.717) is 36.2 Å². The number of aromatic nitrogens is 2. The first kappa shape index (κ1) is 34.9. The van der Waals surface area contributed by atoms with Crippen LogP contribution < -0.4 is 19.7 Å². The minimum absolute atomic E-state index is 0.0208. The van der Waals surface area contributed by atoms with Gasteiger partial charge in [0.2, 0.25) is 0 Å². The molecule has 2 N–H and O–H groups in total. The topological polar surface area (TPSA) is 127 Å². The lowest BCUT2D eigenvalue weighted by Crippen LogP contribution is -2.47. The van der Waals surface area contributed by atoms with E-state index in [2.05, 4.69) is 48.7 Å². The number of allylic oxidation sites excluding steroid dienone is 1. The summed E-state index contributed by atoms with van der Waals surface area (Å²) in [6.07, 6.45) is 13.5. The minimum atomic E-state index is -3.51. The number of aryl methyl sites for hydroxylation is 2. The molecule has 9 atom stereocenters. The third kappa shape index (κ3) is 6.44. The molecule has 11 nitrogen and oxygen atoms in total. The van der Waals surface area contributed by atoms with Crippen molar-refractivity contribution in [2.45, 2.75) is 68.9 Å². The van der Waals surface area contributed by atoms with Crippen molar-refractivity contribution in [2.24, 2.45) is 34.6 Å². The monoisotopic (exact) mass is 758 g/mol. The Bertz CT molecular complexity index is 2150. The molecule has 6 aliphatic rings. The van der Waals surface area contributed by atoms with Crippen LogP contribution in [0.4, 0.5) is 10.5 Å². The van der Waals surface area contributed by atoms with Crippen LogP contribution in [0.3, 0.4) is 0 Å². The van der Waals surface area contributed by atoms with Crippen molar-refractivity contribution >= 4 is 39.1 Å². The molecule has 0 saturated heterocycles. The average Bonchev–Trinajstić information content (AvgIpc) is 4.06. The average molecular weight is 759 g/mol. The molecular weight excluding hydrogens is 712 g/mol. The number of carbonyl (C=O) groups is 2. The van der Waals surface area contributed by atoms with Gasteiger partial charge in [0.05, 0.1) is 30.3 Å². The Hall–Kier alpha value is -3.87. The third-order valence-electron chi connectivity index (χ3n) is 12.7. The highest BCUT2D eigenvalue weighted by molar-refractivity contribution is 7.92. The van der Waals surface area contributed by atoms with Gasteiger partial charge in [0, 0.05) is 61.4 Å². The first-order valence-corrected chi connectivity index (χ1v) is 20.9. The molecule has 2 spiro atoms. The summed E-state index contributed by atoms with van der Waals surface area (Å²) in [5.41, 5.74) is 4.63. The van der Waals surface area contributed by atoms with Crippen molar-refractivity contribution in [2.75, 3.05) is 37.5 Å². The van der Waals surface area contributed by atoms with E-state index in [9.17, 15) is 13.8 Å². The molecule has 9 rings (SSSR count). The van der Waals surface area contributed by atoms with Gasteiger partial charge in [-0.3, -0.25) is 14.2 Å². The summed E-state index contributed by atoms with van der Waals surface area (Å²) in [5.74, 6) is 1.10. The molecule has 0 radical (unpaired) electrons. The van der Waals surface area contributed by atoms with Gasteiger partial charge in [0.25, 0.3) is 5.91 Å². The van der Waals surface area contributed by atoms with Crippen LogP contribution in [-0.4, -0.2) is 70.6 Å². The summed E-state index contributed by atoms with van der Waals surface area (Å²) < 4.78 is 36.0. The molecule has 3 saturated carbocycles. The Morgan fingerprint density at radius 1 is 1.19 bits per heavy atom. The number of urea groups is 1. The van der Waals surface area contributed by atoms with Gasteiger partial charge in [-0.1, -0.05) is 36.7 Å². The molecule has 3 heterocycles. The second kappa shape index (κ2) is 12.9. The number of halogens is 1. The Morgan fingerprint density at radius 2 is 2.06 bits per heavy atom. The van der Waals surface area contributed by atoms with E-state index in [1.165, 1.54) is 11.1 Å². The Morgan fingerprint density at radius 3 is 2.85 bits per heavy atom. The summed E-state index contributed by atoms with van der Waals surface area (Å²) in [4.78, 5) is 29.8. The van der Waals surface area contributed by atoms with Gasteiger partial charge in [-0.15, -0.1) is 4.36 Å². The zero-order valence-corrected chi connectivity index (χ0v) is 32.0. The van der Waals surface area contributed by atoms with Crippen molar-refractivity contribution in [1.29, 1.82) is 0 Å². The van der Waals surface area contributed by atoms with Crippen molar-refractivity contribution in [3.8, 4) is 5.75 Å². The smallest absolute Gasteiger partial charge is 0.327 e. The van der Waals surface area contributed by atoms with Crippen LogP contribution in [0, 0.1) is 23.2 Å². The number of hydrogen-bond acceptors (Lipinski definition) is 7. The quantitative estimate of drug-likeness (QED) is 0.305. The predicted octanol–water partition coefficient (Wildman–Crippen LogP) is 6.17. The molecular formula is C40H47ClN6O5S. The summed E-state index contributed by atoms with van der Waals surface area (Å²) in [7, 11) is 0.126. The van der Waals surface area contributed by atoms with Crippen molar-refractivity contribution in [1.82, 2.24) is 19.8 Å². The molecule has 280 valence electrons. The first-order valence-electron chi connectivity index (χ1n) is 18.8. The van der Waals surface area contributed by atoms with Crippen LogP contribution in [-0.2, 0) is 33.5 Å². The summed E-state index contributed by atoms with van der Waals surface area (Å²) in [6.45, 7) is 4.03. The van der Waals surface area contributed by atoms with Crippen molar-refractivity contribution in [3.05, 3.63) is 88.2 Å². The van der Waals surface area contributed by atoms with E-state index in [4.69, 9.17) is 21.1 Å². The van der Waals surface area contributed by atoms with Crippen LogP contribution in [0.15, 0.2) is 65.3 Å². The highest BCUT2D eigenvalue weighted by Gasteiger charge is 2.80. The van der Waals surface area contributed by atoms with Gasteiger partial charge >= 0.3 is 6.03 Å². The number of carbonyl (C=O) groups excluding carboxylic acids is 2. The highest BCUT2D eigenvalue weighted by Crippen LogP contribution is 2.81. The number of hydrogen-bond donors (Lipinski definition) is 2. The number of amides is 3. The van der Waals surface area contributed by atoms with Crippen LogP contribution in [0.25, 0.3) is 0 Å². The normalized spacial score (nSPS) is 36.1. The molecule has 3 aromatic rings. The van der Waals surface area contributed by atoms with Gasteiger partial charge in [0.1, 0.15) is 15.7 Å². The van der Waals surface area contributed by atoms with E-state index in [1.54, 1.807) is 24.1 Å². The second-order valence-electron chi connectivity index (χ2n) is 16.5. The lowest BCUT2D eigenvalue weighted by molar-refractivity contribution is 0.0964. The largest absolute Gasteiger partial charge is 0.490 e. The van der Waals surface area contributed by atoms with E-state index in [-0.39, 0.29) is 40.6 Å². The fourth-order valence-corrected chi connectivity index (χ4v) is 11.7. The zero-order chi connectivity index (χ0) is 36.7. The number of nitrogens with zero attached hydrogens (tertiary/aromatic N) is 4. The van der Waals surface area contributed by atoms with Gasteiger partial charge in [-0.2, -0.15) is 5.10 Å². The van der Waals surface area contributed by atoms with Crippen molar-refractivity contribution < 1.29 is 23.3 Å². The molecule has 53 heavy (non-hydrogen) atoms. The van der Waals surface area contributed by atoms with Gasteiger partial charge < -0.3 is 19.7 Å². The molecule has 3 fully saturated rings. The molecule has 1 aromatic heterocycles. The van der Waals surface area contributed by atoms with E-state index >= 15 is 0 Å². The maximum Gasteiger partial charge on any atom is 0.327 e. The summed E-state index contributed by atoms with van der Waals surface area (Å²) in [6, 6.07) is 10.9. The SMILES string of the molecule is CO[C@H]1/C=C/C[C@H](C)C[S@@](=O)(NC(=O)N[C@@H]2C[C@H]2c2cnn(C)c2)=NC(=O)c2ccc3c(c2)N(C[C@@]2(CCCc4cc(Cl)ccc42)CO3)C[C@@]23CC2[C@@H]13. The summed E-state index contributed by atoms with van der Waals surface area (Å²) in [5, 5.41) is 7.93. The Labute approximate surface area is 316 Å². The molecule has 2 aromatic carbocycles. The van der Waals surface area contributed by atoms with Crippen molar-refractivity contribution in [3.63, 3.8) is 0 Å². The first-order chi connectivity index (χ1) is 25.5. The number of benzene rings is 2.